The summed E-state index contributed by atoms with van der Waals surface area (Å²) in [6.45, 7) is 0.309. The van der Waals surface area contributed by atoms with Gasteiger partial charge in [0.05, 0.1) is 21.3 Å². The summed E-state index contributed by atoms with van der Waals surface area (Å²) < 4.78 is 16.1. The molecule has 30 heavy (non-hydrogen) atoms. The molecule has 0 saturated carbocycles. The summed E-state index contributed by atoms with van der Waals surface area (Å²) in [7, 11) is 4.67. The molecule has 0 atom stereocenters. The number of urea groups is 1. The summed E-state index contributed by atoms with van der Waals surface area (Å²) in [5.41, 5.74) is 3.84. The maximum atomic E-state index is 12.5. The lowest BCUT2D eigenvalue weighted by atomic mass is 10.0. The number of amides is 2. The minimum Gasteiger partial charge on any atom is -0.493 e. The molecule has 3 aromatic carbocycles. The Kier molecular flexibility index (Phi) is 7.16. The second-order valence-corrected chi connectivity index (χ2v) is 6.66. The van der Waals surface area contributed by atoms with Gasteiger partial charge < -0.3 is 24.8 Å². The maximum absolute atomic E-state index is 12.5. The van der Waals surface area contributed by atoms with E-state index in [-0.39, 0.29) is 6.03 Å². The van der Waals surface area contributed by atoms with E-state index in [0.29, 0.717) is 23.8 Å². The van der Waals surface area contributed by atoms with Gasteiger partial charge in [0, 0.05) is 12.2 Å². The number of benzene rings is 3. The number of hydrogen-bond donors (Lipinski definition) is 2. The molecule has 0 spiro atoms. The molecule has 2 N–H and O–H groups in total. The minimum atomic E-state index is -0.288. The standard InChI is InChI=1S/C24H26N2O4/c1-28-21-14-18(15-22(29-2)23(21)30-3)16-25-24(27)26-20-12-8-7-11-19(20)13-17-9-5-4-6-10-17/h4-12,14-15H,13,16H2,1-3H3,(H2,25,26,27). The van der Waals surface area contributed by atoms with E-state index in [1.807, 2.05) is 54.6 Å². The first kappa shape index (κ1) is 21.0. The van der Waals surface area contributed by atoms with Crippen molar-refractivity contribution in [1.29, 1.82) is 0 Å². The predicted molar refractivity (Wildman–Crippen MR) is 118 cm³/mol. The highest BCUT2D eigenvalue weighted by Gasteiger charge is 2.14. The van der Waals surface area contributed by atoms with Crippen molar-refractivity contribution in [2.24, 2.45) is 0 Å². The summed E-state index contributed by atoms with van der Waals surface area (Å²) >= 11 is 0. The van der Waals surface area contributed by atoms with Gasteiger partial charge in [-0.25, -0.2) is 4.79 Å². The number of ether oxygens (including phenoxy) is 3. The maximum Gasteiger partial charge on any atom is 0.319 e. The van der Waals surface area contributed by atoms with Gasteiger partial charge >= 0.3 is 6.03 Å². The van der Waals surface area contributed by atoms with Crippen LogP contribution in [0.5, 0.6) is 17.2 Å². The molecule has 0 radical (unpaired) electrons. The second-order valence-electron chi connectivity index (χ2n) is 6.66. The third-order valence-corrected chi connectivity index (χ3v) is 4.68. The zero-order valence-electron chi connectivity index (χ0n) is 17.4. The molecule has 156 valence electrons. The lowest BCUT2D eigenvalue weighted by molar-refractivity contribution is 0.251. The highest BCUT2D eigenvalue weighted by Crippen LogP contribution is 2.38. The molecule has 0 unspecified atom stereocenters. The van der Waals surface area contributed by atoms with Crippen LogP contribution in [0.15, 0.2) is 66.7 Å². The van der Waals surface area contributed by atoms with Gasteiger partial charge in [-0.3, -0.25) is 0 Å². The van der Waals surface area contributed by atoms with Crippen LogP contribution in [0.4, 0.5) is 10.5 Å². The first-order chi connectivity index (χ1) is 14.6. The SMILES string of the molecule is COc1cc(CNC(=O)Nc2ccccc2Cc2ccccc2)cc(OC)c1OC. The number of para-hydroxylation sites is 1. The quantitative estimate of drug-likeness (QED) is 0.573. The lowest BCUT2D eigenvalue weighted by Gasteiger charge is -2.15. The van der Waals surface area contributed by atoms with Gasteiger partial charge in [0.15, 0.2) is 11.5 Å². The highest BCUT2D eigenvalue weighted by molar-refractivity contribution is 5.90. The van der Waals surface area contributed by atoms with Gasteiger partial charge in [-0.05, 0) is 41.3 Å². The van der Waals surface area contributed by atoms with Crippen LogP contribution in [-0.2, 0) is 13.0 Å². The number of methoxy groups -OCH3 is 3. The Labute approximate surface area is 176 Å². The van der Waals surface area contributed by atoms with Crippen LogP contribution in [0.2, 0.25) is 0 Å². The molecule has 0 aliphatic carbocycles. The van der Waals surface area contributed by atoms with E-state index in [1.165, 1.54) is 5.56 Å². The van der Waals surface area contributed by atoms with Gasteiger partial charge in [-0.1, -0.05) is 48.5 Å². The van der Waals surface area contributed by atoms with Gasteiger partial charge in [0.25, 0.3) is 0 Å². The molecule has 0 fully saturated rings. The number of hydrogen-bond acceptors (Lipinski definition) is 4. The first-order valence-electron chi connectivity index (χ1n) is 9.60. The number of anilines is 1. The molecule has 2 amide bonds. The predicted octanol–water partition coefficient (Wildman–Crippen LogP) is 4.62. The molecular weight excluding hydrogens is 380 g/mol. The van der Waals surface area contributed by atoms with E-state index in [4.69, 9.17) is 14.2 Å². The van der Waals surface area contributed by atoms with Gasteiger partial charge in [0.2, 0.25) is 5.75 Å². The van der Waals surface area contributed by atoms with Gasteiger partial charge in [0.1, 0.15) is 0 Å². The van der Waals surface area contributed by atoms with Gasteiger partial charge in [-0.2, -0.15) is 0 Å². The molecule has 0 heterocycles. The largest absolute Gasteiger partial charge is 0.493 e. The molecule has 3 aromatic rings. The van der Waals surface area contributed by atoms with E-state index >= 15 is 0 Å². The molecule has 3 rings (SSSR count). The van der Waals surface area contributed by atoms with E-state index in [2.05, 4.69) is 22.8 Å². The molecule has 6 heteroatoms. The highest BCUT2D eigenvalue weighted by atomic mass is 16.5. The molecule has 0 aliphatic heterocycles. The number of nitrogens with one attached hydrogen (secondary N) is 2. The zero-order valence-corrected chi connectivity index (χ0v) is 17.4. The van der Waals surface area contributed by atoms with Crippen molar-refractivity contribution >= 4 is 11.7 Å². The van der Waals surface area contributed by atoms with Crippen molar-refractivity contribution in [3.05, 3.63) is 83.4 Å². The Bertz CT molecular complexity index is 965. The fourth-order valence-electron chi connectivity index (χ4n) is 3.20. The lowest BCUT2D eigenvalue weighted by Crippen LogP contribution is -2.28. The monoisotopic (exact) mass is 406 g/mol. The Balaban J connectivity index is 1.67. The van der Waals surface area contributed by atoms with Crippen molar-refractivity contribution in [2.75, 3.05) is 26.6 Å². The van der Waals surface area contributed by atoms with Crippen LogP contribution >= 0.6 is 0 Å². The third kappa shape index (κ3) is 5.23. The summed E-state index contributed by atoms with van der Waals surface area (Å²) in [4.78, 5) is 12.5. The van der Waals surface area contributed by atoms with Crippen LogP contribution in [0.25, 0.3) is 0 Å². The minimum absolute atomic E-state index is 0.288. The Morgan fingerprint density at radius 3 is 2.07 bits per heavy atom. The van der Waals surface area contributed by atoms with Crippen LogP contribution in [0.1, 0.15) is 16.7 Å². The van der Waals surface area contributed by atoms with Crippen molar-refractivity contribution in [2.45, 2.75) is 13.0 Å². The van der Waals surface area contributed by atoms with Gasteiger partial charge in [-0.15, -0.1) is 0 Å². The zero-order chi connectivity index (χ0) is 21.3. The summed E-state index contributed by atoms with van der Waals surface area (Å²) in [5, 5.41) is 5.82. The van der Waals surface area contributed by atoms with Crippen molar-refractivity contribution in [3.8, 4) is 17.2 Å². The normalized spacial score (nSPS) is 10.2. The Morgan fingerprint density at radius 2 is 1.43 bits per heavy atom. The average molecular weight is 406 g/mol. The van der Waals surface area contributed by atoms with E-state index in [1.54, 1.807) is 21.3 Å². The molecule has 0 saturated heterocycles. The Hall–Kier alpha value is -3.67. The summed E-state index contributed by atoms with van der Waals surface area (Å²) in [6, 6.07) is 21.3. The Morgan fingerprint density at radius 1 is 0.800 bits per heavy atom. The van der Waals surface area contributed by atoms with Crippen LogP contribution < -0.4 is 24.8 Å². The van der Waals surface area contributed by atoms with Crippen molar-refractivity contribution < 1.29 is 19.0 Å². The fourth-order valence-corrected chi connectivity index (χ4v) is 3.20. The summed E-state index contributed by atoms with van der Waals surface area (Å²) in [5.74, 6) is 1.60. The van der Waals surface area contributed by atoms with Crippen molar-refractivity contribution in [3.63, 3.8) is 0 Å². The molecule has 0 bridgehead atoms. The fraction of sp³-hybridized carbons (Fsp3) is 0.208. The topological polar surface area (TPSA) is 68.8 Å². The van der Waals surface area contributed by atoms with Crippen LogP contribution in [0.3, 0.4) is 0 Å². The molecule has 6 nitrogen and oxygen atoms in total. The van der Waals surface area contributed by atoms with E-state index < -0.39 is 0 Å². The molecular formula is C24H26N2O4. The van der Waals surface area contributed by atoms with Crippen LogP contribution in [-0.4, -0.2) is 27.4 Å². The van der Waals surface area contributed by atoms with E-state index in [9.17, 15) is 4.79 Å². The summed E-state index contributed by atoms with van der Waals surface area (Å²) in [6.07, 6.45) is 0.740. The van der Waals surface area contributed by atoms with Crippen molar-refractivity contribution in [1.82, 2.24) is 5.32 Å². The van der Waals surface area contributed by atoms with E-state index in [0.717, 1.165) is 23.2 Å². The second kappa shape index (κ2) is 10.2. The number of carbonyl (C=O) groups is 1. The third-order valence-electron chi connectivity index (χ3n) is 4.68. The van der Waals surface area contributed by atoms with Crippen LogP contribution in [0, 0.1) is 0 Å². The number of carbonyl (C=O) groups excluding carboxylic acids is 1. The number of rotatable bonds is 8. The molecule has 0 aliphatic rings. The average Bonchev–Trinajstić information content (AvgIpc) is 2.78. The molecule has 0 aromatic heterocycles. The first-order valence-corrected chi connectivity index (χ1v) is 9.60. The smallest absolute Gasteiger partial charge is 0.319 e.